The predicted octanol–water partition coefficient (Wildman–Crippen LogP) is 3.47. The first kappa shape index (κ1) is 20.4. The monoisotopic (exact) mass is 418 g/mol. The van der Waals surface area contributed by atoms with Gasteiger partial charge in [0.2, 0.25) is 0 Å². The average Bonchev–Trinajstić information content (AvgIpc) is 2.60. The van der Waals surface area contributed by atoms with E-state index in [1.165, 1.54) is 4.46 Å². The Balaban J connectivity index is 2.10. The van der Waals surface area contributed by atoms with Crippen LogP contribution in [0.5, 0.6) is 0 Å². The van der Waals surface area contributed by atoms with Crippen molar-refractivity contribution in [2.45, 2.75) is 37.8 Å². The van der Waals surface area contributed by atoms with E-state index in [0.29, 0.717) is 5.32 Å². The van der Waals surface area contributed by atoms with Crippen molar-refractivity contribution in [3.8, 4) is 0 Å². The van der Waals surface area contributed by atoms with Gasteiger partial charge < -0.3 is 0 Å². The number of carbonyl (C=O) groups is 1. The normalized spacial score (nSPS) is 14.2. The molecule has 0 unspecified atom stereocenters. The van der Waals surface area contributed by atoms with E-state index >= 15 is 0 Å². The fourth-order valence-corrected chi connectivity index (χ4v) is 4.51. The van der Waals surface area contributed by atoms with Crippen LogP contribution in [0.1, 0.15) is 26.3 Å². The van der Waals surface area contributed by atoms with Crippen LogP contribution in [0, 0.1) is 5.92 Å². The Bertz CT molecular complexity index is 705. The van der Waals surface area contributed by atoms with Crippen molar-refractivity contribution in [3.05, 3.63) is 72.3 Å². The van der Waals surface area contributed by atoms with Crippen LogP contribution in [0.3, 0.4) is 0 Å². The third-order valence-electron chi connectivity index (χ3n) is 3.58. The summed E-state index contributed by atoms with van der Waals surface area (Å²) >= 11 is 0.0877. The molecule has 0 aromatic heterocycles. The zero-order valence-electron chi connectivity index (χ0n) is 15.5. The van der Waals surface area contributed by atoms with Gasteiger partial charge in [0.15, 0.2) is 0 Å². The van der Waals surface area contributed by atoms with Crippen molar-refractivity contribution < 1.29 is 14.6 Å². The van der Waals surface area contributed by atoms with Gasteiger partial charge in [-0.25, -0.2) is 0 Å². The third-order valence-corrected chi connectivity index (χ3v) is 5.95. The summed E-state index contributed by atoms with van der Waals surface area (Å²) in [6.45, 7) is 5.53. The van der Waals surface area contributed by atoms with Crippen molar-refractivity contribution in [1.29, 1.82) is 0 Å². The van der Waals surface area contributed by atoms with Gasteiger partial charge in [-0.1, -0.05) is 0 Å². The van der Waals surface area contributed by atoms with E-state index in [0.717, 1.165) is 5.56 Å². The molecular formula is C22H26O3Se. The number of hydrogen-bond acceptors (Lipinski definition) is 3. The van der Waals surface area contributed by atoms with Gasteiger partial charge in [0.1, 0.15) is 0 Å². The number of benzene rings is 2. The molecule has 2 atom stereocenters. The Morgan fingerprint density at radius 3 is 2.23 bits per heavy atom. The zero-order chi connectivity index (χ0) is 19.0. The van der Waals surface area contributed by atoms with Crippen LogP contribution in [-0.2, 0) is 9.53 Å². The number of carbonyl (C=O) groups excluding carboxylic acids is 1. The Hall–Kier alpha value is -1.87. The van der Waals surface area contributed by atoms with Crippen LogP contribution < -0.4 is 4.46 Å². The van der Waals surface area contributed by atoms with Gasteiger partial charge >= 0.3 is 162 Å². The number of rotatable bonds is 7. The van der Waals surface area contributed by atoms with Gasteiger partial charge in [-0.15, -0.1) is 0 Å². The molecular weight excluding hydrogens is 391 g/mol. The van der Waals surface area contributed by atoms with Crippen molar-refractivity contribution >= 4 is 31.5 Å². The summed E-state index contributed by atoms with van der Waals surface area (Å²) in [6.07, 6.45) is 2.65. The van der Waals surface area contributed by atoms with Gasteiger partial charge in [-0.2, -0.15) is 0 Å². The second-order valence-corrected chi connectivity index (χ2v) is 9.32. The molecule has 138 valence electrons. The molecule has 0 aliphatic carbocycles. The number of esters is 1. The average molecular weight is 417 g/mol. The molecule has 0 saturated carbocycles. The number of aliphatic hydroxyl groups is 1. The molecule has 4 heteroatoms. The Labute approximate surface area is 162 Å². The molecule has 0 aliphatic heterocycles. The topological polar surface area (TPSA) is 46.5 Å². The second kappa shape index (κ2) is 9.72. The summed E-state index contributed by atoms with van der Waals surface area (Å²) in [7, 11) is 0. The molecule has 0 amide bonds. The molecule has 0 heterocycles. The third kappa shape index (κ3) is 7.17. The Morgan fingerprint density at radius 2 is 1.65 bits per heavy atom. The summed E-state index contributed by atoms with van der Waals surface area (Å²) in [4.78, 5) is 12.6. The summed E-state index contributed by atoms with van der Waals surface area (Å²) in [5.41, 5.74) is 0.417. The molecule has 2 rings (SSSR count). The van der Waals surface area contributed by atoms with Gasteiger partial charge in [-0.05, 0) is 0 Å². The number of ether oxygens (including phenoxy) is 1. The van der Waals surface area contributed by atoms with Crippen LogP contribution in [0.4, 0.5) is 0 Å². The zero-order valence-corrected chi connectivity index (χ0v) is 17.2. The molecule has 2 aromatic rings. The summed E-state index contributed by atoms with van der Waals surface area (Å²) < 4.78 is 6.74. The Morgan fingerprint density at radius 1 is 1.08 bits per heavy atom. The van der Waals surface area contributed by atoms with Crippen molar-refractivity contribution in [3.63, 3.8) is 0 Å². The minimum atomic E-state index is -0.879. The molecule has 2 aromatic carbocycles. The van der Waals surface area contributed by atoms with Crippen molar-refractivity contribution in [2.24, 2.45) is 5.92 Å². The van der Waals surface area contributed by atoms with Crippen LogP contribution in [0.15, 0.2) is 66.7 Å². The number of aliphatic hydroxyl groups excluding tert-OH is 1. The molecule has 0 spiro atoms. The van der Waals surface area contributed by atoms with E-state index in [9.17, 15) is 9.90 Å². The van der Waals surface area contributed by atoms with E-state index in [-0.39, 0.29) is 20.9 Å². The van der Waals surface area contributed by atoms with Gasteiger partial charge in [0.25, 0.3) is 0 Å². The fraction of sp³-hybridized carbons (Fsp3) is 0.318. The quantitative estimate of drug-likeness (QED) is 0.555. The van der Waals surface area contributed by atoms with Crippen LogP contribution in [0.2, 0.25) is 5.32 Å². The second-order valence-electron chi connectivity index (χ2n) is 7.02. The maximum absolute atomic E-state index is 12.6. The van der Waals surface area contributed by atoms with Gasteiger partial charge in [0, 0.05) is 0 Å². The molecule has 0 radical (unpaired) electrons. The minimum absolute atomic E-state index is 0.0877. The van der Waals surface area contributed by atoms with Crippen LogP contribution >= 0.6 is 0 Å². The first-order chi connectivity index (χ1) is 12.3. The molecule has 1 N–H and O–H groups in total. The maximum atomic E-state index is 12.6. The predicted molar refractivity (Wildman–Crippen MR) is 107 cm³/mol. The molecule has 3 nitrogen and oxygen atoms in total. The van der Waals surface area contributed by atoms with E-state index in [1.54, 1.807) is 6.08 Å². The first-order valence-corrected chi connectivity index (χ1v) is 10.7. The molecule has 0 fully saturated rings. The van der Waals surface area contributed by atoms with Gasteiger partial charge in [0.05, 0.1) is 0 Å². The standard InChI is InChI=1S/C22H26O3Se/c1-22(2,3)25-21(24)19(16-26-18-12-8-5-9-13-18)20(23)15-14-17-10-6-4-7-11-17/h4-15,19-20,23H,16H2,1-3H3/b15-14+/t19-,20+/m0/s1. The van der Waals surface area contributed by atoms with E-state index < -0.39 is 17.6 Å². The van der Waals surface area contributed by atoms with Crippen molar-refractivity contribution in [2.75, 3.05) is 0 Å². The first-order valence-electron chi connectivity index (χ1n) is 8.67. The summed E-state index contributed by atoms with van der Waals surface area (Å²) in [6, 6.07) is 19.8. The molecule has 0 saturated heterocycles. The van der Waals surface area contributed by atoms with Crippen molar-refractivity contribution in [1.82, 2.24) is 0 Å². The number of hydrogen-bond donors (Lipinski definition) is 1. The van der Waals surface area contributed by atoms with E-state index in [2.05, 4.69) is 12.1 Å². The van der Waals surface area contributed by atoms with E-state index in [4.69, 9.17) is 4.74 Å². The van der Waals surface area contributed by atoms with E-state index in [1.807, 2.05) is 75.4 Å². The van der Waals surface area contributed by atoms with Crippen LogP contribution in [0.25, 0.3) is 6.08 Å². The fourth-order valence-electron chi connectivity index (χ4n) is 2.29. The summed E-state index contributed by atoms with van der Waals surface area (Å²) in [5, 5.41) is 11.2. The SMILES string of the molecule is CC(C)(C)OC(=O)[C@@H](C[Se]c1ccccc1)[C@H](O)/C=C/c1ccccc1. The molecule has 26 heavy (non-hydrogen) atoms. The van der Waals surface area contributed by atoms with Crippen LogP contribution in [-0.4, -0.2) is 37.7 Å². The molecule has 0 bridgehead atoms. The molecule has 0 aliphatic rings. The van der Waals surface area contributed by atoms with Gasteiger partial charge in [-0.3, -0.25) is 0 Å². The summed E-state index contributed by atoms with van der Waals surface area (Å²) in [5.74, 6) is -0.921. The Kier molecular flexibility index (Phi) is 7.65.